The summed E-state index contributed by atoms with van der Waals surface area (Å²) in [6.45, 7) is 4.70. The Hall–Kier alpha value is -2.21. The Morgan fingerprint density at radius 1 is 1.24 bits per heavy atom. The molecule has 0 aliphatic carbocycles. The molecule has 17 heavy (non-hydrogen) atoms. The van der Waals surface area contributed by atoms with Crippen molar-refractivity contribution >= 4 is 5.82 Å². The molecule has 0 bridgehead atoms. The van der Waals surface area contributed by atoms with Crippen LogP contribution >= 0.6 is 0 Å². The van der Waals surface area contributed by atoms with Crippen LogP contribution in [0.1, 0.15) is 23.7 Å². The summed E-state index contributed by atoms with van der Waals surface area (Å²) in [6.07, 6.45) is 0. The fourth-order valence-electron chi connectivity index (χ4n) is 1.65. The molecule has 3 heteroatoms. The molecule has 0 radical (unpaired) electrons. The zero-order valence-electron chi connectivity index (χ0n) is 10.1. The third kappa shape index (κ3) is 2.31. The van der Waals surface area contributed by atoms with Crippen molar-refractivity contribution in [1.82, 2.24) is 9.78 Å². The predicted octanol–water partition coefficient (Wildman–Crippen LogP) is 2.19. The fraction of sp³-hybridized carbons (Fsp3) is 0.214. The highest BCUT2D eigenvalue weighted by Crippen LogP contribution is 2.14. The van der Waals surface area contributed by atoms with Crippen LogP contribution in [0, 0.1) is 18.8 Å². The molecule has 1 heterocycles. The lowest BCUT2D eigenvalue weighted by atomic mass is 10.2. The average Bonchev–Trinajstić information content (AvgIpc) is 2.63. The van der Waals surface area contributed by atoms with Crippen molar-refractivity contribution in [2.45, 2.75) is 20.4 Å². The molecule has 0 spiro atoms. The molecule has 0 saturated heterocycles. The van der Waals surface area contributed by atoms with Crippen molar-refractivity contribution in [1.29, 1.82) is 0 Å². The lowest BCUT2D eigenvalue weighted by molar-refractivity contribution is 0.663. The van der Waals surface area contributed by atoms with Gasteiger partial charge in [-0.15, -0.1) is 0 Å². The number of hydrogen-bond donors (Lipinski definition) is 1. The molecule has 0 saturated carbocycles. The van der Waals surface area contributed by atoms with Gasteiger partial charge in [0.15, 0.2) is 0 Å². The van der Waals surface area contributed by atoms with E-state index < -0.39 is 0 Å². The number of aryl methyl sites for hydroxylation is 2. The molecule has 0 aliphatic rings. The fourth-order valence-corrected chi connectivity index (χ4v) is 1.65. The smallest absolute Gasteiger partial charge is 0.137 e. The summed E-state index contributed by atoms with van der Waals surface area (Å²) in [7, 11) is 0. The lowest BCUT2D eigenvalue weighted by Crippen LogP contribution is -2.02. The van der Waals surface area contributed by atoms with E-state index in [1.165, 1.54) is 0 Å². The number of nitrogens with two attached hydrogens (primary N) is 1. The molecule has 2 N–H and O–H groups in total. The van der Waals surface area contributed by atoms with Crippen molar-refractivity contribution in [2.24, 2.45) is 0 Å². The van der Waals surface area contributed by atoms with E-state index in [0.717, 1.165) is 23.4 Å². The number of aromatic nitrogens is 2. The van der Waals surface area contributed by atoms with Gasteiger partial charge in [-0.2, -0.15) is 5.10 Å². The van der Waals surface area contributed by atoms with E-state index in [-0.39, 0.29) is 0 Å². The zero-order chi connectivity index (χ0) is 12.3. The second-order valence-electron chi connectivity index (χ2n) is 3.78. The first-order chi connectivity index (χ1) is 8.22. The molecule has 0 amide bonds. The Morgan fingerprint density at radius 2 is 1.94 bits per heavy atom. The Kier molecular flexibility index (Phi) is 3.15. The first-order valence-electron chi connectivity index (χ1n) is 5.62. The number of hydrogen-bond acceptors (Lipinski definition) is 2. The van der Waals surface area contributed by atoms with Crippen LogP contribution in [0.2, 0.25) is 0 Å². The Morgan fingerprint density at radius 3 is 2.53 bits per heavy atom. The molecule has 3 nitrogen and oxygen atoms in total. The molecule has 2 rings (SSSR count). The van der Waals surface area contributed by atoms with Crippen LogP contribution < -0.4 is 5.73 Å². The molecular weight excluding hydrogens is 210 g/mol. The number of benzene rings is 1. The SMILES string of the molecule is CCn1nc(C)c(C#Cc2ccccc2)c1N. The highest BCUT2D eigenvalue weighted by Gasteiger charge is 2.08. The summed E-state index contributed by atoms with van der Waals surface area (Å²) >= 11 is 0. The molecule has 0 aliphatic heterocycles. The van der Waals surface area contributed by atoms with Gasteiger partial charge in [-0.1, -0.05) is 30.0 Å². The van der Waals surface area contributed by atoms with Crippen LogP contribution in [-0.4, -0.2) is 9.78 Å². The van der Waals surface area contributed by atoms with Gasteiger partial charge in [-0.25, -0.2) is 4.68 Å². The maximum atomic E-state index is 5.98. The van der Waals surface area contributed by atoms with Gasteiger partial charge >= 0.3 is 0 Å². The maximum absolute atomic E-state index is 5.98. The van der Waals surface area contributed by atoms with E-state index in [2.05, 4.69) is 16.9 Å². The summed E-state index contributed by atoms with van der Waals surface area (Å²) in [6, 6.07) is 9.86. The van der Waals surface area contributed by atoms with Crippen LogP contribution in [-0.2, 0) is 6.54 Å². The monoisotopic (exact) mass is 225 g/mol. The molecular formula is C14H15N3. The Bertz CT molecular complexity index is 571. The second kappa shape index (κ2) is 4.75. The van der Waals surface area contributed by atoms with Crippen molar-refractivity contribution in [3.8, 4) is 11.8 Å². The summed E-state index contributed by atoms with van der Waals surface area (Å²) in [5.74, 6) is 6.84. The molecule has 86 valence electrons. The second-order valence-corrected chi connectivity index (χ2v) is 3.78. The van der Waals surface area contributed by atoms with E-state index in [1.54, 1.807) is 4.68 Å². The minimum atomic E-state index is 0.647. The Labute approximate surface area is 101 Å². The van der Waals surface area contributed by atoms with Crippen molar-refractivity contribution in [3.05, 3.63) is 47.2 Å². The average molecular weight is 225 g/mol. The van der Waals surface area contributed by atoms with Gasteiger partial charge < -0.3 is 5.73 Å². The topological polar surface area (TPSA) is 43.8 Å². The van der Waals surface area contributed by atoms with E-state index in [4.69, 9.17) is 5.73 Å². The molecule has 0 fully saturated rings. The van der Waals surface area contributed by atoms with Gasteiger partial charge in [0.2, 0.25) is 0 Å². The van der Waals surface area contributed by atoms with Crippen molar-refractivity contribution in [2.75, 3.05) is 5.73 Å². The Balaban J connectivity index is 2.37. The van der Waals surface area contributed by atoms with Gasteiger partial charge in [0, 0.05) is 12.1 Å². The van der Waals surface area contributed by atoms with Gasteiger partial charge in [-0.05, 0) is 26.0 Å². The quantitative estimate of drug-likeness (QED) is 0.756. The van der Waals surface area contributed by atoms with Crippen LogP contribution in [0.4, 0.5) is 5.82 Å². The standard InChI is InChI=1S/C14H15N3/c1-3-17-14(15)13(11(2)16-17)10-9-12-7-5-4-6-8-12/h4-8H,3,15H2,1-2H3. The third-order valence-corrected chi connectivity index (χ3v) is 2.57. The highest BCUT2D eigenvalue weighted by molar-refractivity contribution is 5.56. The summed E-state index contributed by atoms with van der Waals surface area (Å²) in [5, 5.41) is 4.33. The van der Waals surface area contributed by atoms with Crippen molar-refractivity contribution in [3.63, 3.8) is 0 Å². The summed E-state index contributed by atoms with van der Waals surface area (Å²) in [5.41, 5.74) is 8.67. The third-order valence-electron chi connectivity index (χ3n) is 2.57. The van der Waals surface area contributed by atoms with Crippen LogP contribution in [0.5, 0.6) is 0 Å². The number of rotatable bonds is 1. The van der Waals surface area contributed by atoms with E-state index in [0.29, 0.717) is 5.82 Å². The lowest BCUT2D eigenvalue weighted by Gasteiger charge is -1.96. The largest absolute Gasteiger partial charge is 0.383 e. The minimum absolute atomic E-state index is 0.647. The number of nitrogen functional groups attached to an aromatic ring is 1. The molecule has 0 unspecified atom stereocenters. The zero-order valence-corrected chi connectivity index (χ0v) is 10.1. The number of anilines is 1. The van der Waals surface area contributed by atoms with Crippen LogP contribution in [0.3, 0.4) is 0 Å². The van der Waals surface area contributed by atoms with Gasteiger partial charge in [-0.3, -0.25) is 0 Å². The van der Waals surface area contributed by atoms with E-state index in [1.807, 2.05) is 44.2 Å². The first-order valence-corrected chi connectivity index (χ1v) is 5.62. The van der Waals surface area contributed by atoms with Crippen LogP contribution in [0.15, 0.2) is 30.3 Å². The minimum Gasteiger partial charge on any atom is -0.383 e. The summed E-state index contributed by atoms with van der Waals surface area (Å²) in [4.78, 5) is 0. The number of nitrogens with zero attached hydrogens (tertiary/aromatic N) is 2. The van der Waals surface area contributed by atoms with Crippen LogP contribution in [0.25, 0.3) is 0 Å². The van der Waals surface area contributed by atoms with Crippen molar-refractivity contribution < 1.29 is 0 Å². The molecule has 2 aromatic rings. The van der Waals surface area contributed by atoms with Gasteiger partial charge in [0.1, 0.15) is 5.82 Å². The highest BCUT2D eigenvalue weighted by atomic mass is 15.3. The van der Waals surface area contributed by atoms with E-state index >= 15 is 0 Å². The first kappa shape index (κ1) is 11.3. The molecule has 0 atom stereocenters. The predicted molar refractivity (Wildman–Crippen MR) is 69.5 cm³/mol. The normalized spacial score (nSPS) is 9.76. The van der Waals surface area contributed by atoms with E-state index in [9.17, 15) is 0 Å². The molecule has 1 aromatic heterocycles. The van der Waals surface area contributed by atoms with Gasteiger partial charge in [0.05, 0.1) is 11.3 Å². The summed E-state index contributed by atoms with van der Waals surface area (Å²) < 4.78 is 1.77. The molecule has 1 aromatic carbocycles. The van der Waals surface area contributed by atoms with Gasteiger partial charge in [0.25, 0.3) is 0 Å². The maximum Gasteiger partial charge on any atom is 0.137 e.